The molecule has 0 spiro atoms. The zero-order chi connectivity index (χ0) is 21.9. The van der Waals surface area contributed by atoms with Crippen LogP contribution in [-0.4, -0.2) is 62.5 Å². The fourth-order valence-electron chi connectivity index (χ4n) is 3.59. The molecule has 9 nitrogen and oxygen atoms in total. The first-order valence-corrected chi connectivity index (χ1v) is 11.4. The summed E-state index contributed by atoms with van der Waals surface area (Å²) in [6.45, 7) is 9.18. The van der Waals surface area contributed by atoms with Gasteiger partial charge in [0.15, 0.2) is 0 Å². The molecule has 32 heavy (non-hydrogen) atoms. The maximum absolute atomic E-state index is 5.80. The van der Waals surface area contributed by atoms with Crippen LogP contribution in [0, 0.1) is 6.92 Å². The standard InChI is InChI=1S/C22H24N8OS/c1-3-29-7-9-30(10-8-29)21-25-15(2)11-20(28-21)27-19-12-17-18(14-24-19)32-22(26-17)31-16-5-4-6-23-13-16/h4-6,11-14H,3,7-10H2,1-2H3,(H,24,25,27,28). The lowest BCUT2D eigenvalue weighted by Gasteiger charge is -2.34. The molecule has 0 amide bonds. The normalized spacial score (nSPS) is 14.6. The number of ether oxygens (including phenoxy) is 1. The second-order valence-electron chi connectivity index (χ2n) is 7.55. The van der Waals surface area contributed by atoms with Crippen LogP contribution in [0.1, 0.15) is 12.6 Å². The predicted molar refractivity (Wildman–Crippen MR) is 126 cm³/mol. The van der Waals surface area contributed by atoms with Gasteiger partial charge in [0.05, 0.1) is 16.4 Å². The van der Waals surface area contributed by atoms with Crippen molar-refractivity contribution in [1.29, 1.82) is 0 Å². The molecule has 0 aromatic carbocycles. The molecule has 10 heteroatoms. The van der Waals surface area contributed by atoms with Crippen molar-refractivity contribution in [2.24, 2.45) is 0 Å². The number of thiazole rings is 1. The maximum atomic E-state index is 5.80. The van der Waals surface area contributed by atoms with Crippen molar-refractivity contribution in [3.05, 3.63) is 48.5 Å². The number of nitrogens with zero attached hydrogens (tertiary/aromatic N) is 7. The van der Waals surface area contributed by atoms with Crippen LogP contribution in [0.15, 0.2) is 42.9 Å². The van der Waals surface area contributed by atoms with E-state index >= 15 is 0 Å². The van der Waals surface area contributed by atoms with Gasteiger partial charge in [0.2, 0.25) is 5.95 Å². The molecule has 1 aliphatic rings. The molecule has 0 unspecified atom stereocenters. The molecule has 0 aliphatic carbocycles. The number of piperazine rings is 1. The van der Waals surface area contributed by atoms with E-state index in [1.165, 1.54) is 11.3 Å². The van der Waals surface area contributed by atoms with Gasteiger partial charge in [-0.15, -0.1) is 0 Å². The molecule has 1 aliphatic heterocycles. The van der Waals surface area contributed by atoms with Gasteiger partial charge in [-0.3, -0.25) is 4.98 Å². The van der Waals surface area contributed by atoms with Crippen molar-refractivity contribution in [3.8, 4) is 10.9 Å². The third kappa shape index (κ3) is 4.61. The minimum atomic E-state index is 0.554. The van der Waals surface area contributed by atoms with Crippen LogP contribution in [0.4, 0.5) is 17.6 Å². The molecular formula is C22H24N8OS. The van der Waals surface area contributed by atoms with Crippen molar-refractivity contribution >= 4 is 39.1 Å². The Labute approximate surface area is 190 Å². The number of aromatic nitrogens is 5. The summed E-state index contributed by atoms with van der Waals surface area (Å²) >= 11 is 1.45. The topological polar surface area (TPSA) is 92.2 Å². The average Bonchev–Trinajstić information content (AvgIpc) is 3.21. The van der Waals surface area contributed by atoms with Crippen LogP contribution in [-0.2, 0) is 0 Å². The molecule has 5 heterocycles. The number of hydrogen-bond donors (Lipinski definition) is 1. The van der Waals surface area contributed by atoms with Crippen LogP contribution in [0.25, 0.3) is 10.2 Å². The number of likely N-dealkylation sites (N-methyl/N-ethyl adjacent to an activating group) is 1. The Bertz CT molecular complexity index is 1210. The van der Waals surface area contributed by atoms with E-state index in [9.17, 15) is 0 Å². The van der Waals surface area contributed by atoms with Crippen LogP contribution in [0.2, 0.25) is 0 Å². The number of nitrogens with one attached hydrogen (secondary N) is 1. The second kappa shape index (κ2) is 9.01. The first-order chi connectivity index (χ1) is 15.7. The van der Waals surface area contributed by atoms with Crippen molar-refractivity contribution in [1.82, 2.24) is 29.8 Å². The molecule has 0 atom stereocenters. The molecule has 0 radical (unpaired) electrons. The minimum absolute atomic E-state index is 0.554. The minimum Gasteiger partial charge on any atom is -0.429 e. The molecule has 4 aromatic rings. The van der Waals surface area contributed by atoms with Gasteiger partial charge in [-0.25, -0.2) is 15.0 Å². The van der Waals surface area contributed by atoms with Gasteiger partial charge in [-0.2, -0.15) is 4.98 Å². The number of hydrogen-bond acceptors (Lipinski definition) is 10. The molecule has 5 rings (SSSR count). The van der Waals surface area contributed by atoms with E-state index in [2.05, 4.69) is 42.0 Å². The summed E-state index contributed by atoms with van der Waals surface area (Å²) in [6, 6.07) is 7.50. The predicted octanol–water partition coefficient (Wildman–Crippen LogP) is 3.86. The highest BCUT2D eigenvalue weighted by Gasteiger charge is 2.19. The van der Waals surface area contributed by atoms with Crippen molar-refractivity contribution in [3.63, 3.8) is 0 Å². The average molecular weight is 449 g/mol. The quantitative estimate of drug-likeness (QED) is 0.472. The smallest absolute Gasteiger partial charge is 0.279 e. The van der Waals surface area contributed by atoms with Crippen LogP contribution >= 0.6 is 11.3 Å². The van der Waals surface area contributed by atoms with E-state index in [1.54, 1.807) is 18.6 Å². The van der Waals surface area contributed by atoms with Gasteiger partial charge in [0, 0.05) is 56.4 Å². The summed E-state index contributed by atoms with van der Waals surface area (Å²) in [6.07, 6.45) is 5.16. The largest absolute Gasteiger partial charge is 0.429 e. The first-order valence-electron chi connectivity index (χ1n) is 10.6. The zero-order valence-electron chi connectivity index (χ0n) is 18.0. The molecule has 1 saturated heterocycles. The van der Waals surface area contributed by atoms with Gasteiger partial charge < -0.3 is 19.9 Å². The van der Waals surface area contributed by atoms with Crippen molar-refractivity contribution in [2.75, 3.05) is 42.9 Å². The van der Waals surface area contributed by atoms with E-state index in [-0.39, 0.29) is 0 Å². The number of pyridine rings is 2. The second-order valence-corrected chi connectivity index (χ2v) is 8.54. The highest BCUT2D eigenvalue weighted by Crippen LogP contribution is 2.32. The number of anilines is 3. The highest BCUT2D eigenvalue weighted by molar-refractivity contribution is 7.20. The first kappa shape index (κ1) is 20.5. The van der Waals surface area contributed by atoms with E-state index in [1.807, 2.05) is 31.2 Å². The van der Waals surface area contributed by atoms with Gasteiger partial charge in [0.1, 0.15) is 17.4 Å². The van der Waals surface area contributed by atoms with E-state index < -0.39 is 0 Å². The van der Waals surface area contributed by atoms with E-state index in [0.29, 0.717) is 16.8 Å². The number of rotatable bonds is 6. The lowest BCUT2D eigenvalue weighted by Crippen LogP contribution is -2.46. The Hall–Kier alpha value is -3.37. The third-order valence-electron chi connectivity index (χ3n) is 5.30. The van der Waals surface area contributed by atoms with Crippen molar-refractivity contribution < 1.29 is 4.74 Å². The number of aryl methyl sites for hydroxylation is 1. The lowest BCUT2D eigenvalue weighted by molar-refractivity contribution is 0.270. The molecule has 1 fully saturated rings. The Morgan fingerprint density at radius 3 is 2.72 bits per heavy atom. The fraction of sp³-hybridized carbons (Fsp3) is 0.318. The highest BCUT2D eigenvalue weighted by atomic mass is 32.1. The Kier molecular flexibility index (Phi) is 5.78. The summed E-state index contributed by atoms with van der Waals surface area (Å²) in [7, 11) is 0. The Morgan fingerprint density at radius 1 is 1.06 bits per heavy atom. The summed E-state index contributed by atoms with van der Waals surface area (Å²) in [5.74, 6) is 2.81. The Morgan fingerprint density at radius 2 is 1.94 bits per heavy atom. The Balaban J connectivity index is 1.33. The molecular weight excluding hydrogens is 424 g/mol. The summed E-state index contributed by atoms with van der Waals surface area (Å²) in [4.78, 5) is 27.2. The zero-order valence-corrected chi connectivity index (χ0v) is 18.8. The molecule has 1 N–H and O–H groups in total. The monoisotopic (exact) mass is 448 g/mol. The van der Waals surface area contributed by atoms with Gasteiger partial charge >= 0.3 is 0 Å². The summed E-state index contributed by atoms with van der Waals surface area (Å²) in [5.41, 5.74) is 1.73. The van der Waals surface area contributed by atoms with Gasteiger partial charge in [-0.1, -0.05) is 18.3 Å². The van der Waals surface area contributed by atoms with Gasteiger partial charge in [0.25, 0.3) is 5.19 Å². The maximum Gasteiger partial charge on any atom is 0.279 e. The molecule has 164 valence electrons. The van der Waals surface area contributed by atoms with Gasteiger partial charge in [-0.05, 0) is 25.6 Å². The summed E-state index contributed by atoms with van der Waals surface area (Å²) < 4.78 is 6.75. The fourth-order valence-corrected chi connectivity index (χ4v) is 4.37. The SMILES string of the molecule is CCN1CCN(c2nc(C)cc(Nc3cc4nc(Oc5cccnc5)sc4cn3)n2)CC1. The summed E-state index contributed by atoms with van der Waals surface area (Å²) in [5, 5.41) is 3.86. The van der Waals surface area contributed by atoms with E-state index in [0.717, 1.165) is 60.4 Å². The van der Waals surface area contributed by atoms with Crippen LogP contribution < -0.4 is 15.0 Å². The van der Waals surface area contributed by atoms with Crippen LogP contribution in [0.5, 0.6) is 10.9 Å². The van der Waals surface area contributed by atoms with Crippen LogP contribution in [0.3, 0.4) is 0 Å². The molecule has 4 aromatic heterocycles. The van der Waals surface area contributed by atoms with Crippen molar-refractivity contribution in [2.45, 2.75) is 13.8 Å². The molecule has 0 saturated carbocycles. The number of fused-ring (bicyclic) bond motifs is 1. The molecule has 0 bridgehead atoms. The van der Waals surface area contributed by atoms with E-state index in [4.69, 9.17) is 9.72 Å². The third-order valence-corrected chi connectivity index (χ3v) is 6.18. The lowest BCUT2D eigenvalue weighted by atomic mass is 10.3.